The third-order valence-corrected chi connectivity index (χ3v) is 7.98. The Hall–Kier alpha value is -3.56. The molecule has 3 rings (SSSR count). The normalized spacial score (nSPS) is 13.1. The van der Waals surface area contributed by atoms with E-state index in [0.29, 0.717) is 6.42 Å². The van der Waals surface area contributed by atoms with Gasteiger partial charge in [-0.3, -0.25) is 14.4 Å². The number of methoxy groups -OCH3 is 1. The Kier molecular flexibility index (Phi) is 9.54. The zero-order valence-electron chi connectivity index (χ0n) is 20.8. The molecule has 0 heterocycles. The van der Waals surface area contributed by atoms with Crippen LogP contribution < -0.4 is 5.32 Å². The van der Waals surface area contributed by atoms with Crippen molar-refractivity contribution in [1.29, 1.82) is 0 Å². The second-order valence-electron chi connectivity index (χ2n) is 9.01. The molecule has 2 N–H and O–H groups in total. The van der Waals surface area contributed by atoms with Crippen LogP contribution in [0.4, 0.5) is 0 Å². The number of benzene rings is 3. The van der Waals surface area contributed by atoms with Gasteiger partial charge in [-0.2, -0.15) is 0 Å². The predicted octanol–water partition coefficient (Wildman–Crippen LogP) is 3.35. The van der Waals surface area contributed by atoms with Crippen molar-refractivity contribution in [3.8, 4) is 0 Å². The second-order valence-corrected chi connectivity index (χ2v) is 11.0. The number of rotatable bonds is 13. The summed E-state index contributed by atoms with van der Waals surface area (Å²) in [6.07, 6.45) is -0.134. The standard InChI is InChI=1S/C28H31NO7S/c1-19-10-13-23(14-11-19)37(34,35)18-22(16-27(31)32)28(33)29-25(17-36-2)26(30)15-12-21-8-5-7-20-6-3-4-9-24(20)21/h3-11,13-14,22,25H,12,15-18H2,1-2H3,(H,29,33)(H,31,32)/t22-,25+/m1/s1. The highest BCUT2D eigenvalue weighted by atomic mass is 32.2. The van der Waals surface area contributed by atoms with Gasteiger partial charge in [0.15, 0.2) is 15.6 Å². The molecule has 0 saturated heterocycles. The topological polar surface area (TPSA) is 127 Å². The quantitative estimate of drug-likeness (QED) is 0.350. The van der Waals surface area contributed by atoms with Crippen molar-refractivity contribution in [2.24, 2.45) is 5.92 Å². The number of Topliss-reactive ketones (excluding diaryl/α,β-unsaturated/α-hetero) is 1. The molecule has 2 atom stereocenters. The molecule has 0 aliphatic rings. The fourth-order valence-electron chi connectivity index (χ4n) is 4.16. The molecule has 0 unspecified atom stereocenters. The van der Waals surface area contributed by atoms with Crippen LogP contribution in [0.15, 0.2) is 71.6 Å². The number of nitrogens with one attached hydrogen (secondary N) is 1. The van der Waals surface area contributed by atoms with Gasteiger partial charge in [0.25, 0.3) is 0 Å². The molecule has 0 radical (unpaired) electrons. The van der Waals surface area contributed by atoms with Gasteiger partial charge in [0.1, 0.15) is 6.04 Å². The van der Waals surface area contributed by atoms with Gasteiger partial charge in [0, 0.05) is 13.5 Å². The molecule has 9 heteroatoms. The monoisotopic (exact) mass is 525 g/mol. The molecule has 0 aromatic heterocycles. The zero-order chi connectivity index (χ0) is 27.0. The number of hydrogen-bond donors (Lipinski definition) is 2. The number of carbonyl (C=O) groups is 3. The summed E-state index contributed by atoms with van der Waals surface area (Å²) in [5.41, 5.74) is 1.85. The van der Waals surface area contributed by atoms with Crippen LogP contribution >= 0.6 is 0 Å². The predicted molar refractivity (Wildman–Crippen MR) is 140 cm³/mol. The Bertz CT molecular complexity index is 1360. The first kappa shape index (κ1) is 28.0. The van der Waals surface area contributed by atoms with E-state index in [2.05, 4.69) is 5.32 Å². The molecule has 1 amide bonds. The van der Waals surface area contributed by atoms with E-state index in [1.165, 1.54) is 19.2 Å². The van der Waals surface area contributed by atoms with Crippen molar-refractivity contribution >= 4 is 38.3 Å². The van der Waals surface area contributed by atoms with Crippen LogP contribution in [0.1, 0.15) is 24.0 Å². The lowest BCUT2D eigenvalue weighted by Gasteiger charge is -2.21. The van der Waals surface area contributed by atoms with E-state index in [0.717, 1.165) is 21.9 Å². The summed E-state index contributed by atoms with van der Waals surface area (Å²) >= 11 is 0. The SMILES string of the molecule is COC[C@H](NC(=O)[C@H](CC(=O)O)CS(=O)(=O)c1ccc(C)cc1)C(=O)CCc1cccc2ccccc12. The van der Waals surface area contributed by atoms with Crippen LogP contribution in [0.5, 0.6) is 0 Å². The van der Waals surface area contributed by atoms with Crippen LogP contribution in [0.25, 0.3) is 10.8 Å². The second kappa shape index (κ2) is 12.6. The van der Waals surface area contributed by atoms with Gasteiger partial charge in [-0.05, 0) is 41.8 Å². The minimum atomic E-state index is -3.94. The Morgan fingerprint density at radius 3 is 2.32 bits per heavy atom. The Balaban J connectivity index is 1.72. The van der Waals surface area contributed by atoms with Crippen LogP contribution in [-0.2, 0) is 35.4 Å². The van der Waals surface area contributed by atoms with Crippen LogP contribution in [0.3, 0.4) is 0 Å². The van der Waals surface area contributed by atoms with Gasteiger partial charge in [0.2, 0.25) is 5.91 Å². The van der Waals surface area contributed by atoms with E-state index < -0.39 is 45.8 Å². The van der Waals surface area contributed by atoms with E-state index in [4.69, 9.17) is 4.74 Å². The van der Waals surface area contributed by atoms with E-state index in [9.17, 15) is 27.9 Å². The van der Waals surface area contributed by atoms with Crippen molar-refractivity contribution in [1.82, 2.24) is 5.32 Å². The third kappa shape index (κ3) is 7.71. The van der Waals surface area contributed by atoms with Gasteiger partial charge in [0.05, 0.1) is 29.6 Å². The van der Waals surface area contributed by atoms with E-state index >= 15 is 0 Å². The number of sulfone groups is 1. The molecule has 3 aromatic carbocycles. The number of hydrogen-bond acceptors (Lipinski definition) is 6. The van der Waals surface area contributed by atoms with Crippen LogP contribution in [0, 0.1) is 12.8 Å². The molecular formula is C28H31NO7S. The molecule has 196 valence electrons. The number of amides is 1. The van der Waals surface area contributed by atoms with Crippen molar-refractivity contribution in [2.75, 3.05) is 19.5 Å². The number of carbonyl (C=O) groups excluding carboxylic acids is 2. The lowest BCUT2D eigenvalue weighted by atomic mass is 9.98. The van der Waals surface area contributed by atoms with Gasteiger partial charge in [-0.1, -0.05) is 60.2 Å². The van der Waals surface area contributed by atoms with Crippen molar-refractivity contribution < 1.29 is 32.6 Å². The number of carboxylic acids is 1. The van der Waals surface area contributed by atoms with Crippen molar-refractivity contribution in [3.63, 3.8) is 0 Å². The maximum Gasteiger partial charge on any atom is 0.304 e. The maximum atomic E-state index is 13.0. The molecule has 0 bridgehead atoms. The fraction of sp³-hybridized carbons (Fsp3) is 0.321. The first-order chi connectivity index (χ1) is 17.6. The Labute approximate surface area is 216 Å². The highest BCUT2D eigenvalue weighted by Crippen LogP contribution is 2.21. The van der Waals surface area contributed by atoms with E-state index in [-0.39, 0.29) is 23.7 Å². The first-order valence-corrected chi connectivity index (χ1v) is 13.6. The molecule has 37 heavy (non-hydrogen) atoms. The number of ether oxygens (including phenoxy) is 1. The Morgan fingerprint density at radius 1 is 0.973 bits per heavy atom. The number of aryl methyl sites for hydroxylation is 2. The number of aliphatic carboxylic acids is 1. The molecule has 0 aliphatic heterocycles. The summed E-state index contributed by atoms with van der Waals surface area (Å²) in [7, 11) is -2.56. The van der Waals surface area contributed by atoms with E-state index in [1.54, 1.807) is 12.1 Å². The summed E-state index contributed by atoms with van der Waals surface area (Å²) in [4.78, 5) is 37.5. The highest BCUT2D eigenvalue weighted by molar-refractivity contribution is 7.91. The van der Waals surface area contributed by atoms with Gasteiger partial charge < -0.3 is 15.2 Å². The number of carboxylic acid groups (broad SMARTS) is 1. The van der Waals surface area contributed by atoms with Crippen LogP contribution in [0.2, 0.25) is 0 Å². The van der Waals surface area contributed by atoms with Gasteiger partial charge in [-0.15, -0.1) is 0 Å². The van der Waals surface area contributed by atoms with Crippen LogP contribution in [-0.4, -0.2) is 56.7 Å². The molecule has 0 saturated carbocycles. The lowest BCUT2D eigenvalue weighted by Crippen LogP contribution is -2.47. The lowest BCUT2D eigenvalue weighted by molar-refractivity contribution is -0.141. The summed E-state index contributed by atoms with van der Waals surface area (Å²) in [5, 5.41) is 13.9. The molecule has 0 spiro atoms. The smallest absolute Gasteiger partial charge is 0.304 e. The fourth-order valence-corrected chi connectivity index (χ4v) is 5.70. The molecule has 3 aromatic rings. The Morgan fingerprint density at radius 2 is 1.65 bits per heavy atom. The average molecular weight is 526 g/mol. The number of fused-ring (bicyclic) bond motifs is 1. The minimum Gasteiger partial charge on any atom is -0.481 e. The highest BCUT2D eigenvalue weighted by Gasteiger charge is 2.31. The zero-order valence-corrected chi connectivity index (χ0v) is 21.7. The summed E-state index contributed by atoms with van der Waals surface area (Å²) in [5.74, 6) is -4.51. The molecule has 8 nitrogen and oxygen atoms in total. The summed E-state index contributed by atoms with van der Waals surface area (Å²) in [6, 6.07) is 18.7. The summed E-state index contributed by atoms with van der Waals surface area (Å²) in [6.45, 7) is 1.69. The molecule has 0 fully saturated rings. The summed E-state index contributed by atoms with van der Waals surface area (Å²) < 4.78 is 30.9. The average Bonchev–Trinajstić information content (AvgIpc) is 2.86. The maximum absolute atomic E-state index is 13.0. The molecular weight excluding hydrogens is 494 g/mol. The van der Waals surface area contributed by atoms with Gasteiger partial charge in [-0.25, -0.2) is 8.42 Å². The van der Waals surface area contributed by atoms with Crippen molar-refractivity contribution in [2.45, 2.75) is 37.1 Å². The first-order valence-electron chi connectivity index (χ1n) is 11.9. The minimum absolute atomic E-state index is 0.000828. The van der Waals surface area contributed by atoms with E-state index in [1.807, 2.05) is 49.4 Å². The largest absolute Gasteiger partial charge is 0.481 e. The van der Waals surface area contributed by atoms with Gasteiger partial charge >= 0.3 is 5.97 Å². The number of ketones is 1. The molecule has 0 aliphatic carbocycles. The van der Waals surface area contributed by atoms with Crippen molar-refractivity contribution in [3.05, 3.63) is 77.9 Å². The third-order valence-electron chi connectivity index (χ3n) is 6.15.